The fraction of sp³-hybridized carbons (Fsp3) is 0.600. The van der Waals surface area contributed by atoms with E-state index < -0.39 is 10.2 Å². The third-order valence-electron chi connectivity index (χ3n) is 4.29. The lowest BCUT2D eigenvalue weighted by Gasteiger charge is -2.37. The van der Waals surface area contributed by atoms with Crippen LogP contribution in [0.25, 0.3) is 0 Å². The Morgan fingerprint density at radius 1 is 1.15 bits per heavy atom. The van der Waals surface area contributed by atoms with Gasteiger partial charge in [-0.15, -0.1) is 0 Å². The molecule has 1 aromatic carbocycles. The van der Waals surface area contributed by atoms with Gasteiger partial charge < -0.3 is 0 Å². The number of fused-ring (bicyclic) bond motifs is 1. The molecule has 0 amide bonds. The molecule has 0 radical (unpaired) electrons. The van der Waals surface area contributed by atoms with Crippen LogP contribution < -0.4 is 4.31 Å². The smallest absolute Gasteiger partial charge is 0.257 e. The van der Waals surface area contributed by atoms with Crippen LogP contribution in [-0.4, -0.2) is 32.4 Å². The number of nitrogens with zero attached hydrogens (tertiary/aromatic N) is 2. The van der Waals surface area contributed by atoms with Gasteiger partial charge in [-0.25, -0.2) is 0 Å². The number of benzene rings is 1. The summed E-state index contributed by atoms with van der Waals surface area (Å²) in [5, 5.41) is 0. The largest absolute Gasteiger partial charge is 0.304 e. The van der Waals surface area contributed by atoms with Crippen LogP contribution in [0, 0.1) is 5.92 Å². The van der Waals surface area contributed by atoms with Crippen molar-refractivity contribution in [3.05, 3.63) is 29.8 Å². The topological polar surface area (TPSA) is 40.6 Å². The van der Waals surface area contributed by atoms with E-state index in [9.17, 15) is 8.42 Å². The molecule has 1 unspecified atom stereocenters. The van der Waals surface area contributed by atoms with E-state index in [2.05, 4.69) is 6.92 Å². The molecule has 3 rings (SSSR count). The molecule has 1 fully saturated rings. The number of para-hydroxylation sites is 1. The molecular weight excluding hydrogens is 272 g/mol. The maximum absolute atomic E-state index is 12.9. The van der Waals surface area contributed by atoms with Crippen LogP contribution >= 0.6 is 0 Å². The Bertz CT molecular complexity index is 585. The summed E-state index contributed by atoms with van der Waals surface area (Å²) in [6.45, 7) is 4.04. The summed E-state index contributed by atoms with van der Waals surface area (Å²) in [4.78, 5) is 0. The predicted octanol–water partition coefficient (Wildman–Crippen LogP) is 2.42. The number of aryl methyl sites for hydroxylation is 1. The van der Waals surface area contributed by atoms with Crippen molar-refractivity contribution in [2.45, 2.75) is 32.6 Å². The van der Waals surface area contributed by atoms with Gasteiger partial charge >= 0.3 is 10.2 Å². The highest BCUT2D eigenvalue weighted by Gasteiger charge is 2.34. The Balaban J connectivity index is 1.92. The first-order chi connectivity index (χ1) is 9.59. The van der Waals surface area contributed by atoms with Crippen molar-refractivity contribution in [1.82, 2.24) is 4.31 Å². The maximum atomic E-state index is 12.9. The number of piperidine rings is 1. The summed E-state index contributed by atoms with van der Waals surface area (Å²) in [5.41, 5.74) is 2.02. The molecule has 5 heteroatoms. The second-order valence-electron chi connectivity index (χ2n) is 5.92. The van der Waals surface area contributed by atoms with Gasteiger partial charge in [-0.1, -0.05) is 25.1 Å². The Morgan fingerprint density at radius 3 is 2.75 bits per heavy atom. The molecule has 0 spiro atoms. The van der Waals surface area contributed by atoms with Gasteiger partial charge in [0.2, 0.25) is 0 Å². The number of anilines is 1. The molecule has 0 aliphatic carbocycles. The van der Waals surface area contributed by atoms with Gasteiger partial charge in [0.15, 0.2) is 0 Å². The summed E-state index contributed by atoms with van der Waals surface area (Å²) >= 11 is 0. The van der Waals surface area contributed by atoms with Gasteiger partial charge in [-0.3, -0.25) is 4.31 Å². The van der Waals surface area contributed by atoms with Crippen molar-refractivity contribution in [2.75, 3.05) is 23.9 Å². The van der Waals surface area contributed by atoms with Gasteiger partial charge in [0.1, 0.15) is 0 Å². The lowest BCUT2D eigenvalue weighted by atomic mass is 10.0. The van der Waals surface area contributed by atoms with Crippen LogP contribution in [0.4, 0.5) is 5.69 Å². The minimum absolute atomic E-state index is 0.457. The molecule has 2 heterocycles. The molecule has 0 saturated carbocycles. The van der Waals surface area contributed by atoms with E-state index in [4.69, 9.17) is 0 Å². The van der Waals surface area contributed by atoms with Crippen LogP contribution in [0.1, 0.15) is 31.7 Å². The molecule has 1 aromatic rings. The molecule has 0 N–H and O–H groups in total. The molecule has 2 aliphatic heterocycles. The molecule has 4 nitrogen and oxygen atoms in total. The van der Waals surface area contributed by atoms with Crippen molar-refractivity contribution in [3.8, 4) is 0 Å². The molecule has 0 aromatic heterocycles. The van der Waals surface area contributed by atoms with E-state index in [0.717, 1.165) is 36.9 Å². The first-order valence-corrected chi connectivity index (χ1v) is 8.84. The molecule has 2 aliphatic rings. The second-order valence-corrected chi connectivity index (χ2v) is 7.77. The molecule has 0 bridgehead atoms. The van der Waals surface area contributed by atoms with Crippen molar-refractivity contribution in [1.29, 1.82) is 0 Å². The summed E-state index contributed by atoms with van der Waals surface area (Å²) < 4.78 is 29.1. The zero-order chi connectivity index (χ0) is 14.2. The average Bonchev–Trinajstić information content (AvgIpc) is 2.46. The number of hydrogen-bond acceptors (Lipinski definition) is 2. The van der Waals surface area contributed by atoms with Crippen LogP contribution in [0.5, 0.6) is 0 Å². The van der Waals surface area contributed by atoms with Crippen molar-refractivity contribution in [3.63, 3.8) is 0 Å². The van der Waals surface area contributed by atoms with Gasteiger partial charge in [-0.05, 0) is 43.2 Å². The van der Waals surface area contributed by atoms with Crippen molar-refractivity contribution >= 4 is 15.9 Å². The lowest BCUT2D eigenvalue weighted by Crippen LogP contribution is -2.49. The minimum atomic E-state index is -3.36. The highest BCUT2D eigenvalue weighted by Crippen LogP contribution is 2.31. The summed E-state index contributed by atoms with van der Waals surface area (Å²) in [7, 11) is -3.36. The number of hydrogen-bond donors (Lipinski definition) is 0. The zero-order valence-corrected chi connectivity index (χ0v) is 12.8. The number of rotatable bonds is 2. The van der Waals surface area contributed by atoms with Gasteiger partial charge in [0.25, 0.3) is 0 Å². The van der Waals surface area contributed by atoms with Gasteiger partial charge in [0.05, 0.1) is 5.69 Å². The first-order valence-electron chi connectivity index (χ1n) is 7.45. The van der Waals surface area contributed by atoms with E-state index in [0.29, 0.717) is 25.6 Å². The van der Waals surface area contributed by atoms with E-state index in [1.165, 1.54) is 0 Å². The Labute approximate surface area is 121 Å². The summed E-state index contributed by atoms with van der Waals surface area (Å²) in [6, 6.07) is 7.87. The molecule has 1 saturated heterocycles. The second kappa shape index (κ2) is 5.37. The van der Waals surface area contributed by atoms with Crippen LogP contribution in [0.3, 0.4) is 0 Å². The minimum Gasteiger partial charge on any atom is -0.257 e. The highest BCUT2D eigenvalue weighted by molar-refractivity contribution is 7.90. The van der Waals surface area contributed by atoms with E-state index in [1.54, 1.807) is 8.61 Å². The van der Waals surface area contributed by atoms with E-state index >= 15 is 0 Å². The van der Waals surface area contributed by atoms with Crippen LogP contribution in [0.2, 0.25) is 0 Å². The fourth-order valence-corrected chi connectivity index (χ4v) is 5.10. The monoisotopic (exact) mass is 294 g/mol. The van der Waals surface area contributed by atoms with Crippen molar-refractivity contribution < 1.29 is 8.42 Å². The molecular formula is C15H22N2O2S. The SMILES string of the molecule is CC1CCCN(S(=O)(=O)N2CCCc3ccccc32)C1. The van der Waals surface area contributed by atoms with E-state index in [-0.39, 0.29) is 0 Å². The lowest BCUT2D eigenvalue weighted by molar-refractivity contribution is 0.280. The average molecular weight is 294 g/mol. The maximum Gasteiger partial charge on any atom is 0.304 e. The summed E-state index contributed by atoms with van der Waals surface area (Å²) in [6.07, 6.45) is 3.97. The van der Waals surface area contributed by atoms with Crippen LogP contribution in [0.15, 0.2) is 24.3 Å². The summed E-state index contributed by atoms with van der Waals surface area (Å²) in [5.74, 6) is 0.457. The zero-order valence-electron chi connectivity index (χ0n) is 12.0. The third-order valence-corrected chi connectivity index (χ3v) is 6.21. The Morgan fingerprint density at radius 2 is 1.95 bits per heavy atom. The third kappa shape index (κ3) is 2.44. The van der Waals surface area contributed by atoms with E-state index in [1.807, 2.05) is 24.3 Å². The molecule has 1 atom stereocenters. The quantitative estimate of drug-likeness (QED) is 0.840. The standard InChI is InChI=1S/C15H22N2O2S/c1-13-6-4-10-16(12-13)20(18,19)17-11-5-8-14-7-2-3-9-15(14)17/h2-3,7,9,13H,4-6,8,10-12H2,1H3. The molecule has 20 heavy (non-hydrogen) atoms. The normalized spacial score (nSPS) is 24.4. The molecule has 110 valence electrons. The predicted molar refractivity (Wildman–Crippen MR) is 81.0 cm³/mol. The first kappa shape index (κ1) is 13.9. The van der Waals surface area contributed by atoms with Gasteiger partial charge in [-0.2, -0.15) is 12.7 Å². The fourth-order valence-electron chi connectivity index (χ4n) is 3.23. The van der Waals surface area contributed by atoms with Crippen molar-refractivity contribution in [2.24, 2.45) is 5.92 Å². The highest BCUT2D eigenvalue weighted by atomic mass is 32.2. The Hall–Kier alpha value is -1.07. The Kier molecular flexibility index (Phi) is 3.73. The van der Waals surface area contributed by atoms with Gasteiger partial charge in [0, 0.05) is 19.6 Å². The van der Waals surface area contributed by atoms with Crippen LogP contribution in [-0.2, 0) is 16.6 Å².